The van der Waals surface area contributed by atoms with Gasteiger partial charge in [-0.15, -0.1) is 0 Å². The van der Waals surface area contributed by atoms with Crippen LogP contribution in [0.5, 0.6) is 0 Å². The van der Waals surface area contributed by atoms with E-state index in [-0.39, 0.29) is 0 Å². The molecule has 0 fully saturated rings. The van der Waals surface area contributed by atoms with Crippen LogP contribution in [0.1, 0.15) is 34.6 Å². The molecule has 0 amide bonds. The van der Waals surface area contributed by atoms with Gasteiger partial charge in [0.1, 0.15) is 0 Å². The van der Waals surface area contributed by atoms with Crippen molar-refractivity contribution in [3.63, 3.8) is 0 Å². The summed E-state index contributed by atoms with van der Waals surface area (Å²) >= 11 is 0. The molecule has 0 aromatic heterocycles. The third-order valence-electron chi connectivity index (χ3n) is 0.540. The maximum atomic E-state index is 9.87. The van der Waals surface area contributed by atoms with Gasteiger partial charge in [-0.05, 0) is 11.8 Å². The van der Waals surface area contributed by atoms with Crippen LogP contribution in [0.15, 0.2) is 0 Å². The molecule has 4 heteroatoms. The lowest BCUT2D eigenvalue weighted by Gasteiger charge is -2.00. The summed E-state index contributed by atoms with van der Waals surface area (Å²) in [7, 11) is -2.68. The van der Waals surface area contributed by atoms with E-state index in [4.69, 9.17) is 4.89 Å². The highest BCUT2D eigenvalue weighted by Crippen LogP contribution is 2.15. The summed E-state index contributed by atoms with van der Waals surface area (Å²) in [5.41, 5.74) is 0. The van der Waals surface area contributed by atoms with Crippen molar-refractivity contribution in [2.24, 2.45) is 11.8 Å². The summed E-state index contributed by atoms with van der Waals surface area (Å²) in [5, 5.41) is 0. The zero-order chi connectivity index (χ0) is 10.1. The molecule has 1 unspecified atom stereocenters. The molecule has 0 aromatic carbocycles. The molecule has 0 saturated heterocycles. The molecule has 0 spiro atoms. The second-order valence-electron chi connectivity index (χ2n) is 3.70. The lowest BCUT2D eigenvalue weighted by molar-refractivity contribution is 0.248. The van der Waals surface area contributed by atoms with Crippen LogP contribution in [0.3, 0.4) is 0 Å². The lowest BCUT2D eigenvalue weighted by atomic mass is 10.2. The van der Waals surface area contributed by atoms with Gasteiger partial charge >= 0.3 is 8.25 Å². The Bertz CT molecular complexity index is 110. The average molecular weight is 196 g/mol. The van der Waals surface area contributed by atoms with Crippen LogP contribution in [0.4, 0.5) is 0 Å². The second-order valence-corrected chi connectivity index (χ2v) is 4.52. The molecule has 1 N–H and O–H groups in total. The Morgan fingerprint density at radius 3 is 1.67 bits per heavy atom. The van der Waals surface area contributed by atoms with Crippen LogP contribution in [0.25, 0.3) is 0 Å². The first-order valence-corrected chi connectivity index (χ1v) is 5.48. The Kier molecular flexibility index (Phi) is 11.3. The Labute approximate surface area is 76.1 Å². The van der Waals surface area contributed by atoms with E-state index in [1.54, 1.807) is 0 Å². The van der Waals surface area contributed by atoms with Gasteiger partial charge in [-0.2, -0.15) is 0 Å². The summed E-state index contributed by atoms with van der Waals surface area (Å²) in [4.78, 5) is 8.13. The monoisotopic (exact) mass is 196 g/mol. The summed E-state index contributed by atoms with van der Waals surface area (Å²) in [5.74, 6) is 1.16. The molecule has 0 rings (SSSR count). The molecule has 76 valence electrons. The zero-order valence-electron chi connectivity index (χ0n) is 8.63. The number of hydrogen-bond donors (Lipinski definition) is 1. The maximum Gasteiger partial charge on any atom is 0.316 e. The first-order valence-electron chi connectivity index (χ1n) is 4.22. The van der Waals surface area contributed by atoms with Crippen LogP contribution in [-0.2, 0) is 9.09 Å². The van der Waals surface area contributed by atoms with E-state index in [0.717, 1.165) is 5.92 Å². The molecule has 0 heterocycles. The second kappa shape index (κ2) is 9.24. The van der Waals surface area contributed by atoms with E-state index in [1.165, 1.54) is 0 Å². The van der Waals surface area contributed by atoms with Gasteiger partial charge in [0.2, 0.25) is 0 Å². The van der Waals surface area contributed by atoms with E-state index < -0.39 is 8.25 Å². The highest BCUT2D eigenvalue weighted by atomic mass is 31.1. The van der Waals surface area contributed by atoms with Crippen molar-refractivity contribution < 1.29 is 14.0 Å². The van der Waals surface area contributed by atoms with Gasteiger partial charge in [-0.3, -0.25) is 4.57 Å². The fraction of sp³-hybridized carbons (Fsp3) is 1.00. The summed E-state index contributed by atoms with van der Waals surface area (Å²) < 4.78 is 14.3. The predicted molar refractivity (Wildman–Crippen MR) is 52.5 cm³/mol. The maximum absolute atomic E-state index is 9.87. The van der Waals surface area contributed by atoms with Gasteiger partial charge in [-0.1, -0.05) is 34.6 Å². The Balaban J connectivity index is 0. The molecule has 0 saturated carbocycles. The van der Waals surface area contributed by atoms with E-state index in [0.29, 0.717) is 12.5 Å². The van der Waals surface area contributed by atoms with E-state index >= 15 is 0 Å². The molecule has 0 aliphatic rings. The van der Waals surface area contributed by atoms with Crippen LogP contribution in [0, 0.1) is 11.8 Å². The van der Waals surface area contributed by atoms with Gasteiger partial charge in [0.25, 0.3) is 0 Å². The summed E-state index contributed by atoms with van der Waals surface area (Å²) in [6.07, 6.45) is 0. The Hall–Kier alpha value is 0.150. The standard InChI is InChI=1S/C4H11O3P.C4H10/c1-4(2)3-7-8(5)6;1-4(2)3/h4,8H,3H2,1-2H3,(H,5,6);4H,1-3H3. The summed E-state index contributed by atoms with van der Waals surface area (Å²) in [6, 6.07) is 0. The third kappa shape index (κ3) is 32.0. The van der Waals surface area contributed by atoms with Gasteiger partial charge < -0.3 is 9.42 Å². The SMILES string of the molecule is CC(C)C.CC(C)CO[PH](=O)O. The number of hydrogen-bond acceptors (Lipinski definition) is 2. The van der Waals surface area contributed by atoms with Crippen molar-refractivity contribution in [2.75, 3.05) is 6.61 Å². The van der Waals surface area contributed by atoms with Gasteiger partial charge in [0.05, 0.1) is 6.61 Å². The van der Waals surface area contributed by atoms with Gasteiger partial charge in [0.15, 0.2) is 0 Å². The minimum Gasteiger partial charge on any atom is -0.326 e. The van der Waals surface area contributed by atoms with Crippen molar-refractivity contribution in [3.05, 3.63) is 0 Å². The first-order chi connectivity index (χ1) is 5.36. The molecular formula is C8H21O3P. The smallest absolute Gasteiger partial charge is 0.316 e. The molecule has 0 aliphatic carbocycles. The normalized spacial score (nSPS) is 12.7. The van der Waals surface area contributed by atoms with Crippen molar-refractivity contribution in [1.29, 1.82) is 0 Å². The molecule has 1 atom stereocenters. The van der Waals surface area contributed by atoms with E-state index in [2.05, 4.69) is 25.3 Å². The summed E-state index contributed by atoms with van der Waals surface area (Å²) in [6.45, 7) is 10.7. The van der Waals surface area contributed by atoms with Crippen LogP contribution >= 0.6 is 8.25 Å². The minimum atomic E-state index is -2.68. The average Bonchev–Trinajstić information content (AvgIpc) is 1.82. The molecule has 0 aromatic rings. The minimum absolute atomic E-state index is 0.330. The topological polar surface area (TPSA) is 46.5 Å². The quantitative estimate of drug-likeness (QED) is 0.706. The van der Waals surface area contributed by atoms with Crippen LogP contribution in [-0.4, -0.2) is 11.5 Å². The van der Waals surface area contributed by atoms with Crippen molar-refractivity contribution >= 4 is 8.25 Å². The van der Waals surface area contributed by atoms with E-state index in [1.807, 2.05) is 13.8 Å². The van der Waals surface area contributed by atoms with E-state index in [9.17, 15) is 4.57 Å². The van der Waals surface area contributed by atoms with Crippen molar-refractivity contribution in [2.45, 2.75) is 34.6 Å². The number of rotatable bonds is 3. The fourth-order valence-electron chi connectivity index (χ4n) is 0.238. The third-order valence-corrected chi connectivity index (χ3v) is 0.954. The van der Waals surface area contributed by atoms with Gasteiger partial charge in [-0.25, -0.2) is 0 Å². The highest BCUT2D eigenvalue weighted by molar-refractivity contribution is 7.32. The van der Waals surface area contributed by atoms with Crippen LogP contribution < -0.4 is 0 Å². The molecule has 0 radical (unpaired) electrons. The molecular weight excluding hydrogens is 175 g/mol. The Morgan fingerprint density at radius 1 is 1.25 bits per heavy atom. The molecule has 3 nitrogen and oxygen atoms in total. The molecule has 0 aliphatic heterocycles. The predicted octanol–water partition coefficient (Wildman–Crippen LogP) is 2.70. The first kappa shape index (κ1) is 14.7. The fourth-order valence-corrected chi connectivity index (χ4v) is 0.714. The van der Waals surface area contributed by atoms with Crippen LogP contribution in [0.2, 0.25) is 0 Å². The van der Waals surface area contributed by atoms with Crippen molar-refractivity contribution in [1.82, 2.24) is 0 Å². The highest BCUT2D eigenvalue weighted by Gasteiger charge is 1.94. The largest absolute Gasteiger partial charge is 0.326 e. The lowest BCUT2D eigenvalue weighted by Crippen LogP contribution is -1.95. The van der Waals surface area contributed by atoms with Crippen molar-refractivity contribution in [3.8, 4) is 0 Å². The Morgan fingerprint density at radius 2 is 1.58 bits per heavy atom. The molecule has 12 heavy (non-hydrogen) atoms. The van der Waals surface area contributed by atoms with Gasteiger partial charge in [0, 0.05) is 0 Å². The molecule has 0 bridgehead atoms. The zero-order valence-corrected chi connectivity index (χ0v) is 9.63.